The van der Waals surface area contributed by atoms with Crippen LogP contribution in [-0.2, 0) is 14.4 Å². The first-order valence-electron chi connectivity index (χ1n) is 11.0. The molecule has 4 amide bonds. The number of benzene rings is 1. The largest absolute Gasteiger partial charge is 0.497 e. The van der Waals surface area contributed by atoms with Crippen LogP contribution in [0.2, 0.25) is 0 Å². The van der Waals surface area contributed by atoms with E-state index in [1.807, 2.05) is 48.7 Å². The van der Waals surface area contributed by atoms with Gasteiger partial charge in [-0.2, -0.15) is 0 Å². The number of ether oxygens (including phenoxy) is 1. The number of aromatic nitrogens is 1. The van der Waals surface area contributed by atoms with Gasteiger partial charge in [0.05, 0.1) is 12.7 Å². The molecule has 2 aliphatic heterocycles. The van der Waals surface area contributed by atoms with Crippen molar-refractivity contribution in [1.29, 1.82) is 0 Å². The molecule has 0 atom stereocenters. The molecule has 2 saturated heterocycles. The SMILES string of the molecule is COc1ccc(-n2c(C)cc(C(=O)N3CCN(C(=O)CN4C(=O)CCC4=O)CC3)c2C)cc1. The number of methoxy groups -OCH3 is 1. The first-order chi connectivity index (χ1) is 15.8. The first-order valence-corrected chi connectivity index (χ1v) is 11.0. The molecule has 174 valence electrons. The zero-order chi connectivity index (χ0) is 23.7. The maximum Gasteiger partial charge on any atom is 0.255 e. The molecule has 33 heavy (non-hydrogen) atoms. The van der Waals surface area contributed by atoms with Crippen LogP contribution in [0, 0.1) is 13.8 Å². The Labute approximate surface area is 192 Å². The van der Waals surface area contributed by atoms with E-state index in [2.05, 4.69) is 0 Å². The lowest BCUT2D eigenvalue weighted by atomic mass is 10.2. The molecule has 2 aliphatic rings. The Bertz CT molecular complexity index is 1080. The smallest absolute Gasteiger partial charge is 0.255 e. The molecule has 0 spiro atoms. The molecule has 3 heterocycles. The third kappa shape index (κ3) is 4.35. The highest BCUT2D eigenvalue weighted by Gasteiger charge is 2.33. The van der Waals surface area contributed by atoms with Crippen molar-refractivity contribution in [1.82, 2.24) is 19.3 Å². The summed E-state index contributed by atoms with van der Waals surface area (Å²) >= 11 is 0. The Morgan fingerprint density at radius 1 is 0.909 bits per heavy atom. The van der Waals surface area contributed by atoms with Crippen molar-refractivity contribution in [2.24, 2.45) is 0 Å². The molecule has 0 aliphatic carbocycles. The molecule has 4 rings (SSSR count). The molecule has 0 saturated carbocycles. The van der Waals surface area contributed by atoms with Crippen LogP contribution in [0.25, 0.3) is 5.69 Å². The standard InChI is InChI=1S/C24H28N4O5/c1-16-14-20(17(2)28(16)18-4-6-19(33-3)7-5-18)24(32)26-12-10-25(11-13-26)23(31)15-27-21(29)8-9-22(27)30/h4-7,14H,8-13,15H2,1-3H3. The summed E-state index contributed by atoms with van der Waals surface area (Å²) < 4.78 is 7.27. The molecular formula is C24H28N4O5. The number of carbonyl (C=O) groups excluding carboxylic acids is 4. The minimum atomic E-state index is -0.297. The predicted octanol–water partition coefficient (Wildman–Crippen LogP) is 1.54. The number of piperazine rings is 1. The summed E-state index contributed by atoms with van der Waals surface area (Å²) in [6.07, 6.45) is 0.340. The number of likely N-dealkylation sites (tertiary alicyclic amines) is 1. The highest BCUT2D eigenvalue weighted by molar-refractivity contribution is 6.04. The summed E-state index contributed by atoms with van der Waals surface area (Å²) in [6.45, 7) is 5.22. The van der Waals surface area contributed by atoms with Gasteiger partial charge in [0.25, 0.3) is 5.91 Å². The average Bonchev–Trinajstić information content (AvgIpc) is 3.30. The monoisotopic (exact) mass is 452 g/mol. The Balaban J connectivity index is 1.41. The molecule has 0 unspecified atom stereocenters. The van der Waals surface area contributed by atoms with Crippen LogP contribution in [-0.4, -0.2) is 82.7 Å². The van der Waals surface area contributed by atoms with E-state index in [-0.39, 0.29) is 43.0 Å². The number of amides is 4. The maximum absolute atomic E-state index is 13.3. The average molecular weight is 453 g/mol. The quantitative estimate of drug-likeness (QED) is 0.642. The van der Waals surface area contributed by atoms with Gasteiger partial charge in [0.2, 0.25) is 17.7 Å². The van der Waals surface area contributed by atoms with Crippen LogP contribution in [0.4, 0.5) is 0 Å². The minimum Gasteiger partial charge on any atom is -0.497 e. The van der Waals surface area contributed by atoms with Crippen molar-refractivity contribution in [3.8, 4) is 11.4 Å². The lowest BCUT2D eigenvalue weighted by Gasteiger charge is -2.35. The van der Waals surface area contributed by atoms with Crippen molar-refractivity contribution in [2.45, 2.75) is 26.7 Å². The van der Waals surface area contributed by atoms with Crippen LogP contribution in [0.5, 0.6) is 5.75 Å². The van der Waals surface area contributed by atoms with Crippen LogP contribution in [0.1, 0.15) is 34.6 Å². The van der Waals surface area contributed by atoms with E-state index in [1.54, 1.807) is 16.9 Å². The summed E-state index contributed by atoms with van der Waals surface area (Å²) in [5.74, 6) is -0.157. The van der Waals surface area contributed by atoms with Gasteiger partial charge in [0.15, 0.2) is 0 Å². The lowest BCUT2D eigenvalue weighted by molar-refractivity contribution is -0.146. The summed E-state index contributed by atoms with van der Waals surface area (Å²) in [5.41, 5.74) is 3.39. The maximum atomic E-state index is 13.3. The van der Waals surface area contributed by atoms with Crippen molar-refractivity contribution in [3.63, 3.8) is 0 Å². The second-order valence-electron chi connectivity index (χ2n) is 8.36. The number of rotatable bonds is 5. The predicted molar refractivity (Wildman–Crippen MR) is 120 cm³/mol. The lowest BCUT2D eigenvalue weighted by Crippen LogP contribution is -2.53. The van der Waals surface area contributed by atoms with Gasteiger partial charge in [-0.15, -0.1) is 0 Å². The van der Waals surface area contributed by atoms with E-state index >= 15 is 0 Å². The fourth-order valence-corrected chi connectivity index (χ4v) is 4.47. The van der Waals surface area contributed by atoms with Gasteiger partial charge in [-0.25, -0.2) is 0 Å². The normalized spacial score (nSPS) is 16.5. The van der Waals surface area contributed by atoms with Gasteiger partial charge in [-0.05, 0) is 44.2 Å². The molecule has 2 aromatic rings. The number of imide groups is 1. The van der Waals surface area contributed by atoms with E-state index in [4.69, 9.17) is 4.74 Å². The molecule has 0 bridgehead atoms. The summed E-state index contributed by atoms with van der Waals surface area (Å²) in [4.78, 5) is 53.7. The topological polar surface area (TPSA) is 92.2 Å². The number of nitrogens with zero attached hydrogens (tertiary/aromatic N) is 4. The van der Waals surface area contributed by atoms with Gasteiger partial charge in [-0.1, -0.05) is 0 Å². The number of hydrogen-bond acceptors (Lipinski definition) is 5. The molecule has 1 aromatic heterocycles. The van der Waals surface area contributed by atoms with Crippen LogP contribution >= 0.6 is 0 Å². The molecule has 0 N–H and O–H groups in total. The van der Waals surface area contributed by atoms with Crippen molar-refractivity contribution in [3.05, 3.63) is 47.3 Å². The van der Waals surface area contributed by atoms with Crippen LogP contribution < -0.4 is 4.74 Å². The third-order valence-corrected chi connectivity index (χ3v) is 6.36. The molecule has 2 fully saturated rings. The first kappa shape index (κ1) is 22.6. The van der Waals surface area contributed by atoms with Crippen molar-refractivity contribution in [2.75, 3.05) is 39.8 Å². The number of hydrogen-bond donors (Lipinski definition) is 0. The summed E-state index contributed by atoms with van der Waals surface area (Å²) in [7, 11) is 1.62. The Morgan fingerprint density at radius 3 is 2.06 bits per heavy atom. The van der Waals surface area contributed by atoms with E-state index < -0.39 is 0 Å². The number of carbonyl (C=O) groups is 4. The Hall–Kier alpha value is -3.62. The highest BCUT2D eigenvalue weighted by atomic mass is 16.5. The van der Waals surface area contributed by atoms with E-state index in [9.17, 15) is 19.2 Å². The van der Waals surface area contributed by atoms with E-state index in [0.717, 1.165) is 27.7 Å². The van der Waals surface area contributed by atoms with Crippen molar-refractivity contribution >= 4 is 23.6 Å². The second kappa shape index (κ2) is 9.09. The molecule has 0 radical (unpaired) electrons. The summed E-state index contributed by atoms with van der Waals surface area (Å²) in [5, 5.41) is 0. The summed E-state index contributed by atoms with van der Waals surface area (Å²) in [6, 6.07) is 9.56. The number of aryl methyl sites for hydroxylation is 1. The van der Waals surface area contributed by atoms with Gasteiger partial charge in [0, 0.05) is 56.1 Å². The van der Waals surface area contributed by atoms with E-state index in [0.29, 0.717) is 31.7 Å². The Morgan fingerprint density at radius 2 is 1.48 bits per heavy atom. The van der Waals surface area contributed by atoms with Crippen molar-refractivity contribution < 1.29 is 23.9 Å². The highest BCUT2D eigenvalue weighted by Crippen LogP contribution is 2.24. The molecule has 9 nitrogen and oxygen atoms in total. The minimum absolute atomic E-state index is 0.0696. The third-order valence-electron chi connectivity index (χ3n) is 6.36. The van der Waals surface area contributed by atoms with Gasteiger partial charge < -0.3 is 19.1 Å². The molecule has 1 aromatic carbocycles. The van der Waals surface area contributed by atoms with Crippen LogP contribution in [0.3, 0.4) is 0 Å². The second-order valence-corrected chi connectivity index (χ2v) is 8.36. The van der Waals surface area contributed by atoms with Gasteiger partial charge in [-0.3, -0.25) is 24.1 Å². The van der Waals surface area contributed by atoms with Gasteiger partial charge >= 0.3 is 0 Å². The zero-order valence-corrected chi connectivity index (χ0v) is 19.2. The van der Waals surface area contributed by atoms with Crippen LogP contribution in [0.15, 0.2) is 30.3 Å². The molecular weight excluding hydrogens is 424 g/mol. The Kier molecular flexibility index (Phi) is 6.22. The fourth-order valence-electron chi connectivity index (χ4n) is 4.47. The molecule has 9 heteroatoms. The van der Waals surface area contributed by atoms with E-state index in [1.165, 1.54) is 0 Å². The fraction of sp³-hybridized carbons (Fsp3) is 0.417. The zero-order valence-electron chi connectivity index (χ0n) is 19.2. The van der Waals surface area contributed by atoms with Gasteiger partial charge in [0.1, 0.15) is 12.3 Å².